The first-order chi connectivity index (χ1) is 13.0. The predicted octanol–water partition coefficient (Wildman–Crippen LogP) is 3.46. The number of carbonyl (C=O) groups excluding carboxylic acids is 2. The van der Waals surface area contributed by atoms with Crippen LogP contribution in [0.3, 0.4) is 0 Å². The van der Waals surface area contributed by atoms with Gasteiger partial charge in [0.2, 0.25) is 5.91 Å². The molecule has 2 fully saturated rings. The first-order valence-corrected chi connectivity index (χ1v) is 10.4. The second-order valence-electron chi connectivity index (χ2n) is 8.22. The lowest BCUT2D eigenvalue weighted by Gasteiger charge is -2.39. The van der Waals surface area contributed by atoms with Gasteiger partial charge in [0.15, 0.2) is 0 Å². The number of rotatable bonds is 3. The van der Waals surface area contributed by atoms with Gasteiger partial charge in [-0.1, -0.05) is 49.1 Å². The molecule has 3 amide bonds. The molecule has 5 nitrogen and oxygen atoms in total. The van der Waals surface area contributed by atoms with E-state index in [4.69, 9.17) is 0 Å². The molecule has 3 rings (SSSR count). The molecule has 1 aliphatic heterocycles. The van der Waals surface area contributed by atoms with E-state index >= 15 is 0 Å². The van der Waals surface area contributed by atoms with Crippen LogP contribution < -0.4 is 5.32 Å². The SMILES string of the molecule is CC(=O)N1CCCN(C(=O)NCC2(c3cccc(C)c3)CCCCC2)CC1. The van der Waals surface area contributed by atoms with E-state index in [2.05, 4.69) is 36.5 Å². The van der Waals surface area contributed by atoms with Crippen LogP contribution in [0.15, 0.2) is 24.3 Å². The van der Waals surface area contributed by atoms with Crippen LogP contribution in [0.4, 0.5) is 4.79 Å². The Kier molecular flexibility index (Phi) is 6.40. The van der Waals surface area contributed by atoms with Crippen LogP contribution in [0.2, 0.25) is 0 Å². The van der Waals surface area contributed by atoms with Gasteiger partial charge < -0.3 is 15.1 Å². The third-order valence-electron chi connectivity index (χ3n) is 6.25. The summed E-state index contributed by atoms with van der Waals surface area (Å²) in [6.07, 6.45) is 6.84. The van der Waals surface area contributed by atoms with Gasteiger partial charge in [0.05, 0.1) is 0 Å². The molecule has 0 atom stereocenters. The summed E-state index contributed by atoms with van der Waals surface area (Å²) in [4.78, 5) is 28.1. The standard InChI is InChI=1S/C22H33N3O2/c1-18-8-6-9-20(16-18)22(10-4-3-5-11-22)17-23-21(27)25-13-7-12-24(14-15-25)19(2)26/h6,8-9,16H,3-5,7,10-15,17H2,1-2H3,(H,23,27). The van der Waals surface area contributed by atoms with Gasteiger partial charge in [-0.25, -0.2) is 4.79 Å². The van der Waals surface area contributed by atoms with E-state index in [1.165, 1.54) is 30.4 Å². The quantitative estimate of drug-likeness (QED) is 0.885. The third kappa shape index (κ3) is 4.82. The Bertz CT molecular complexity index is 667. The van der Waals surface area contributed by atoms with Crippen molar-refractivity contribution in [3.05, 3.63) is 35.4 Å². The Morgan fingerprint density at radius 3 is 2.41 bits per heavy atom. The zero-order chi connectivity index (χ0) is 19.3. The van der Waals surface area contributed by atoms with Crippen molar-refractivity contribution in [1.82, 2.24) is 15.1 Å². The molecule has 2 aliphatic rings. The lowest BCUT2D eigenvalue weighted by Crippen LogP contribution is -2.48. The second kappa shape index (κ2) is 8.77. The van der Waals surface area contributed by atoms with Crippen LogP contribution in [-0.4, -0.2) is 54.5 Å². The van der Waals surface area contributed by atoms with Crippen LogP contribution in [0, 0.1) is 6.92 Å². The number of urea groups is 1. The molecule has 1 saturated heterocycles. The van der Waals surface area contributed by atoms with Gasteiger partial charge in [0.25, 0.3) is 0 Å². The average Bonchev–Trinajstić information content (AvgIpc) is 2.93. The van der Waals surface area contributed by atoms with Gasteiger partial charge in [0, 0.05) is 45.1 Å². The summed E-state index contributed by atoms with van der Waals surface area (Å²) in [7, 11) is 0. The van der Waals surface area contributed by atoms with Crippen molar-refractivity contribution in [2.24, 2.45) is 0 Å². The van der Waals surface area contributed by atoms with Crippen molar-refractivity contribution in [3.8, 4) is 0 Å². The predicted molar refractivity (Wildman–Crippen MR) is 108 cm³/mol. The first-order valence-electron chi connectivity index (χ1n) is 10.4. The summed E-state index contributed by atoms with van der Waals surface area (Å²) in [6.45, 7) is 7.14. The zero-order valence-corrected chi connectivity index (χ0v) is 16.8. The van der Waals surface area contributed by atoms with Gasteiger partial charge in [-0.3, -0.25) is 4.79 Å². The molecule has 1 saturated carbocycles. The number of nitrogens with zero attached hydrogens (tertiary/aromatic N) is 2. The maximum absolute atomic E-state index is 12.8. The first kappa shape index (κ1) is 19.7. The van der Waals surface area contributed by atoms with Crippen LogP contribution in [0.25, 0.3) is 0 Å². The number of nitrogens with one attached hydrogen (secondary N) is 1. The molecule has 148 valence electrons. The highest BCUT2D eigenvalue weighted by Crippen LogP contribution is 2.39. The molecule has 27 heavy (non-hydrogen) atoms. The summed E-state index contributed by atoms with van der Waals surface area (Å²) >= 11 is 0. The number of hydrogen-bond acceptors (Lipinski definition) is 2. The normalized spacial score (nSPS) is 20.1. The minimum atomic E-state index is 0.0120. The smallest absolute Gasteiger partial charge is 0.317 e. The Morgan fingerprint density at radius 2 is 1.70 bits per heavy atom. The van der Waals surface area contributed by atoms with E-state index in [0.717, 1.165) is 25.8 Å². The van der Waals surface area contributed by atoms with Crippen molar-refractivity contribution in [1.29, 1.82) is 0 Å². The van der Waals surface area contributed by atoms with Crippen LogP contribution in [-0.2, 0) is 10.2 Å². The molecule has 0 radical (unpaired) electrons. The number of aryl methyl sites for hydroxylation is 1. The average molecular weight is 372 g/mol. The summed E-state index contributed by atoms with van der Waals surface area (Å²) < 4.78 is 0. The maximum atomic E-state index is 12.8. The third-order valence-corrected chi connectivity index (χ3v) is 6.25. The molecule has 1 heterocycles. The van der Waals surface area contributed by atoms with Crippen LogP contribution in [0.5, 0.6) is 0 Å². The van der Waals surface area contributed by atoms with Gasteiger partial charge in [-0.15, -0.1) is 0 Å². The molecule has 1 N–H and O–H groups in total. The monoisotopic (exact) mass is 371 g/mol. The van der Waals surface area contributed by atoms with Crippen molar-refractivity contribution < 1.29 is 9.59 Å². The summed E-state index contributed by atoms with van der Waals surface area (Å²) in [6, 6.07) is 8.79. The summed E-state index contributed by atoms with van der Waals surface area (Å²) in [5, 5.41) is 3.24. The lowest BCUT2D eigenvalue weighted by molar-refractivity contribution is -0.128. The summed E-state index contributed by atoms with van der Waals surface area (Å²) in [5.41, 5.74) is 2.69. The van der Waals surface area contributed by atoms with Gasteiger partial charge in [0.1, 0.15) is 0 Å². The number of benzene rings is 1. The molecule has 1 aromatic carbocycles. The highest BCUT2D eigenvalue weighted by atomic mass is 16.2. The number of hydrogen-bond donors (Lipinski definition) is 1. The maximum Gasteiger partial charge on any atom is 0.317 e. The molecule has 0 spiro atoms. The topological polar surface area (TPSA) is 52.7 Å². The molecule has 0 unspecified atom stereocenters. The molecule has 1 aliphatic carbocycles. The highest BCUT2D eigenvalue weighted by Gasteiger charge is 2.35. The van der Waals surface area contributed by atoms with Gasteiger partial charge in [-0.2, -0.15) is 0 Å². The van der Waals surface area contributed by atoms with Crippen LogP contribution >= 0.6 is 0 Å². The molecule has 0 bridgehead atoms. The largest absolute Gasteiger partial charge is 0.341 e. The van der Waals surface area contributed by atoms with Crippen molar-refractivity contribution >= 4 is 11.9 Å². The van der Waals surface area contributed by atoms with E-state index < -0.39 is 0 Å². The molecular formula is C22H33N3O2. The fraction of sp³-hybridized carbons (Fsp3) is 0.636. The van der Waals surface area contributed by atoms with E-state index in [1.807, 2.05) is 9.80 Å². The van der Waals surface area contributed by atoms with E-state index in [0.29, 0.717) is 26.2 Å². The van der Waals surface area contributed by atoms with E-state index in [-0.39, 0.29) is 17.4 Å². The minimum Gasteiger partial charge on any atom is -0.341 e. The zero-order valence-electron chi connectivity index (χ0n) is 16.8. The van der Waals surface area contributed by atoms with E-state index in [1.54, 1.807) is 6.92 Å². The molecule has 1 aromatic rings. The Morgan fingerprint density at radius 1 is 1.00 bits per heavy atom. The Labute approximate surface area is 163 Å². The minimum absolute atomic E-state index is 0.0120. The number of carbonyl (C=O) groups is 2. The van der Waals surface area contributed by atoms with Crippen molar-refractivity contribution in [2.45, 2.75) is 57.8 Å². The summed E-state index contributed by atoms with van der Waals surface area (Å²) in [5.74, 6) is 0.0952. The fourth-order valence-corrected chi connectivity index (χ4v) is 4.56. The van der Waals surface area contributed by atoms with Crippen molar-refractivity contribution in [2.75, 3.05) is 32.7 Å². The Hall–Kier alpha value is -2.04. The van der Waals surface area contributed by atoms with E-state index in [9.17, 15) is 9.59 Å². The molecule has 5 heteroatoms. The highest BCUT2D eigenvalue weighted by molar-refractivity contribution is 5.75. The second-order valence-corrected chi connectivity index (χ2v) is 8.22. The van der Waals surface area contributed by atoms with Crippen molar-refractivity contribution in [3.63, 3.8) is 0 Å². The van der Waals surface area contributed by atoms with Gasteiger partial charge in [-0.05, 0) is 31.7 Å². The Balaban J connectivity index is 1.65. The molecule has 0 aromatic heterocycles. The fourth-order valence-electron chi connectivity index (χ4n) is 4.56. The lowest BCUT2D eigenvalue weighted by atomic mass is 9.69. The van der Waals surface area contributed by atoms with Crippen LogP contribution in [0.1, 0.15) is 56.6 Å². The van der Waals surface area contributed by atoms with Gasteiger partial charge >= 0.3 is 6.03 Å². The number of amides is 3. The molecular weight excluding hydrogens is 338 g/mol.